The van der Waals surface area contributed by atoms with Crippen LogP contribution in [0.15, 0.2) is 43.1 Å². The molecule has 24 heavy (non-hydrogen) atoms. The summed E-state index contributed by atoms with van der Waals surface area (Å²) in [7, 11) is 1.65. The highest BCUT2D eigenvalue weighted by molar-refractivity contribution is 5.89. The number of aromatic nitrogens is 1. The van der Waals surface area contributed by atoms with Crippen molar-refractivity contribution < 1.29 is 9.53 Å². The molecule has 0 bridgehead atoms. The summed E-state index contributed by atoms with van der Waals surface area (Å²) in [5.74, 6) is 1.86. The number of pyridine rings is 1. The molecule has 0 saturated carbocycles. The van der Waals surface area contributed by atoms with Crippen molar-refractivity contribution in [2.75, 3.05) is 20.2 Å². The zero-order valence-electron chi connectivity index (χ0n) is 14.1. The van der Waals surface area contributed by atoms with Gasteiger partial charge >= 0.3 is 0 Å². The third-order valence-corrected chi connectivity index (χ3v) is 4.90. The van der Waals surface area contributed by atoms with Crippen LogP contribution in [-0.2, 0) is 11.2 Å². The maximum atomic E-state index is 12.6. The number of methoxy groups -OCH3 is 1. The summed E-state index contributed by atoms with van der Waals surface area (Å²) in [6, 6.07) is 7.72. The molecule has 1 aromatic heterocycles. The minimum absolute atomic E-state index is 0.282. The molecule has 0 radical (unpaired) electrons. The van der Waals surface area contributed by atoms with Gasteiger partial charge in [0.15, 0.2) is 0 Å². The second-order valence-electron chi connectivity index (χ2n) is 6.43. The lowest BCUT2D eigenvalue weighted by molar-refractivity contribution is -0.119. The monoisotopic (exact) mass is 324 g/mol. The van der Waals surface area contributed by atoms with E-state index < -0.39 is 0 Å². The molecule has 2 heterocycles. The molecule has 1 aromatic carbocycles. The van der Waals surface area contributed by atoms with Gasteiger partial charge in [0.05, 0.1) is 12.6 Å². The highest BCUT2D eigenvalue weighted by atomic mass is 16.5. The lowest BCUT2D eigenvalue weighted by Gasteiger charge is -2.29. The van der Waals surface area contributed by atoms with Gasteiger partial charge in [-0.15, -0.1) is 6.58 Å². The van der Waals surface area contributed by atoms with Crippen molar-refractivity contribution in [3.05, 3.63) is 48.7 Å². The molecule has 0 amide bonds. The average molecular weight is 324 g/mol. The van der Waals surface area contributed by atoms with Gasteiger partial charge in [-0.2, -0.15) is 0 Å². The minimum Gasteiger partial charge on any atom is -0.497 e. The Morgan fingerprint density at radius 2 is 2.33 bits per heavy atom. The van der Waals surface area contributed by atoms with Gasteiger partial charge in [0, 0.05) is 31.0 Å². The van der Waals surface area contributed by atoms with Gasteiger partial charge < -0.3 is 10.1 Å². The van der Waals surface area contributed by atoms with Crippen LogP contribution < -0.4 is 10.1 Å². The number of hydrogen-bond acceptors (Lipinski definition) is 4. The SMILES string of the molecule is C=CC1CNCCC1CC(=O)Cc1ccnc2ccc(OC)cc12. The second kappa shape index (κ2) is 7.58. The van der Waals surface area contributed by atoms with E-state index in [0.717, 1.165) is 41.7 Å². The van der Waals surface area contributed by atoms with Crippen molar-refractivity contribution in [1.29, 1.82) is 0 Å². The van der Waals surface area contributed by atoms with Crippen molar-refractivity contribution in [1.82, 2.24) is 10.3 Å². The topological polar surface area (TPSA) is 51.2 Å². The molecule has 1 N–H and O–H groups in total. The van der Waals surface area contributed by atoms with Gasteiger partial charge in [0.2, 0.25) is 0 Å². The molecule has 1 aliphatic heterocycles. The maximum Gasteiger partial charge on any atom is 0.137 e. The molecule has 2 aromatic rings. The van der Waals surface area contributed by atoms with Gasteiger partial charge in [-0.1, -0.05) is 6.08 Å². The van der Waals surface area contributed by atoms with E-state index in [1.165, 1.54) is 0 Å². The van der Waals surface area contributed by atoms with Crippen LogP contribution in [0.25, 0.3) is 10.9 Å². The number of rotatable bonds is 6. The smallest absolute Gasteiger partial charge is 0.137 e. The van der Waals surface area contributed by atoms with Crippen LogP contribution in [-0.4, -0.2) is 31.0 Å². The van der Waals surface area contributed by atoms with E-state index in [1.54, 1.807) is 13.3 Å². The van der Waals surface area contributed by atoms with Crippen LogP contribution >= 0.6 is 0 Å². The van der Waals surface area contributed by atoms with Gasteiger partial charge in [0.25, 0.3) is 0 Å². The molecule has 4 nitrogen and oxygen atoms in total. The van der Waals surface area contributed by atoms with Crippen molar-refractivity contribution >= 4 is 16.7 Å². The Labute approximate surface area is 142 Å². The summed E-state index contributed by atoms with van der Waals surface area (Å²) in [6.07, 6.45) is 5.85. The zero-order valence-corrected chi connectivity index (χ0v) is 14.1. The quantitative estimate of drug-likeness (QED) is 0.829. The number of ether oxygens (including phenoxy) is 1. The molecule has 126 valence electrons. The van der Waals surface area contributed by atoms with E-state index >= 15 is 0 Å². The number of carbonyl (C=O) groups excluding carboxylic acids is 1. The van der Waals surface area contributed by atoms with Gasteiger partial charge in [-0.25, -0.2) is 0 Å². The Morgan fingerprint density at radius 1 is 1.46 bits per heavy atom. The highest BCUT2D eigenvalue weighted by Gasteiger charge is 2.24. The molecule has 1 aliphatic rings. The predicted molar refractivity (Wildman–Crippen MR) is 96.3 cm³/mol. The number of piperidine rings is 1. The Hall–Kier alpha value is -2.20. The van der Waals surface area contributed by atoms with Gasteiger partial charge in [-0.05, 0) is 54.6 Å². The maximum absolute atomic E-state index is 12.6. The first kappa shape index (κ1) is 16.7. The molecular formula is C20H24N2O2. The Balaban J connectivity index is 1.76. The van der Waals surface area contributed by atoms with Gasteiger partial charge in [0.1, 0.15) is 11.5 Å². The molecule has 2 atom stereocenters. The third kappa shape index (κ3) is 3.65. The normalized spacial score (nSPS) is 20.7. The number of benzene rings is 1. The average Bonchev–Trinajstić information content (AvgIpc) is 2.62. The lowest BCUT2D eigenvalue weighted by Crippen LogP contribution is -2.36. The van der Waals surface area contributed by atoms with Crippen molar-refractivity contribution in [3.8, 4) is 5.75 Å². The minimum atomic E-state index is 0.282. The van der Waals surface area contributed by atoms with E-state index in [0.29, 0.717) is 24.7 Å². The summed E-state index contributed by atoms with van der Waals surface area (Å²) in [6.45, 7) is 5.82. The van der Waals surface area contributed by atoms with Crippen LogP contribution in [0.4, 0.5) is 0 Å². The number of Topliss-reactive ketones (excluding diaryl/α,β-unsaturated/α-hetero) is 1. The Bertz CT molecular complexity index is 741. The number of fused-ring (bicyclic) bond motifs is 1. The highest BCUT2D eigenvalue weighted by Crippen LogP contribution is 2.26. The number of nitrogens with one attached hydrogen (secondary N) is 1. The summed E-state index contributed by atoms with van der Waals surface area (Å²) in [5.41, 5.74) is 1.92. The van der Waals surface area contributed by atoms with E-state index in [1.807, 2.05) is 30.3 Å². The van der Waals surface area contributed by atoms with E-state index in [4.69, 9.17) is 4.74 Å². The van der Waals surface area contributed by atoms with Crippen molar-refractivity contribution in [3.63, 3.8) is 0 Å². The molecule has 1 fully saturated rings. The van der Waals surface area contributed by atoms with Crippen LogP contribution in [0.2, 0.25) is 0 Å². The fraction of sp³-hybridized carbons (Fsp3) is 0.400. The number of carbonyl (C=O) groups is 1. The molecule has 4 heteroatoms. The Kier molecular flexibility index (Phi) is 5.26. The van der Waals surface area contributed by atoms with Crippen LogP contribution in [0.1, 0.15) is 18.4 Å². The first-order valence-corrected chi connectivity index (χ1v) is 8.48. The summed E-state index contributed by atoms with van der Waals surface area (Å²) in [4.78, 5) is 17.0. The van der Waals surface area contributed by atoms with Crippen LogP contribution in [0, 0.1) is 11.8 Å². The zero-order chi connectivity index (χ0) is 16.9. The van der Waals surface area contributed by atoms with Crippen LogP contribution in [0.5, 0.6) is 5.75 Å². The summed E-state index contributed by atoms with van der Waals surface area (Å²) < 4.78 is 5.30. The third-order valence-electron chi connectivity index (χ3n) is 4.90. The lowest BCUT2D eigenvalue weighted by atomic mass is 9.82. The molecular weight excluding hydrogens is 300 g/mol. The predicted octanol–water partition coefficient (Wildman–Crippen LogP) is 3.16. The van der Waals surface area contributed by atoms with Crippen molar-refractivity contribution in [2.45, 2.75) is 19.3 Å². The van der Waals surface area contributed by atoms with Crippen LogP contribution in [0.3, 0.4) is 0 Å². The molecule has 3 rings (SSSR count). The fourth-order valence-electron chi connectivity index (χ4n) is 3.51. The van der Waals surface area contributed by atoms with E-state index in [9.17, 15) is 4.79 Å². The molecule has 2 unspecified atom stereocenters. The number of ketones is 1. The first-order chi connectivity index (χ1) is 11.7. The second-order valence-corrected chi connectivity index (χ2v) is 6.43. The standard InChI is InChI=1S/C20H24N2O2/c1-3-14-13-21-8-6-15(14)10-17(23)11-16-7-9-22-20-5-4-18(24-2)12-19(16)20/h3-5,7,9,12,14-15,21H,1,6,8,10-11,13H2,2H3. The fourth-order valence-corrected chi connectivity index (χ4v) is 3.51. The number of hydrogen-bond donors (Lipinski definition) is 1. The van der Waals surface area contributed by atoms with E-state index in [2.05, 4.69) is 16.9 Å². The first-order valence-electron chi connectivity index (χ1n) is 8.48. The molecule has 1 saturated heterocycles. The van der Waals surface area contributed by atoms with Gasteiger partial charge in [-0.3, -0.25) is 9.78 Å². The summed E-state index contributed by atoms with van der Waals surface area (Å²) >= 11 is 0. The molecule has 0 aliphatic carbocycles. The largest absolute Gasteiger partial charge is 0.497 e. The van der Waals surface area contributed by atoms with E-state index in [-0.39, 0.29) is 5.78 Å². The Morgan fingerprint density at radius 3 is 3.12 bits per heavy atom. The molecule has 0 spiro atoms. The van der Waals surface area contributed by atoms with Crippen molar-refractivity contribution in [2.24, 2.45) is 11.8 Å². The summed E-state index contributed by atoms with van der Waals surface area (Å²) in [5, 5.41) is 4.37. The number of nitrogens with zero attached hydrogens (tertiary/aromatic N) is 1.